The van der Waals surface area contributed by atoms with Crippen molar-refractivity contribution in [3.05, 3.63) is 0 Å². The molecule has 0 radical (unpaired) electrons. The maximum Gasteiger partial charge on any atom is 0.220 e. The lowest BCUT2D eigenvalue weighted by atomic mass is 9.79. The second kappa shape index (κ2) is 7.59. The second-order valence-corrected chi connectivity index (χ2v) is 7.96. The summed E-state index contributed by atoms with van der Waals surface area (Å²) in [6.45, 7) is 11.7. The molecule has 4 N–H and O–H groups in total. The average Bonchev–Trinajstić information content (AvgIpc) is 2.30. The molecule has 1 atom stereocenters. The van der Waals surface area contributed by atoms with Gasteiger partial charge in [0.1, 0.15) is 0 Å². The Labute approximate surface area is 130 Å². The molecule has 0 aliphatic carbocycles. The largest absolute Gasteiger partial charge is 0.353 e. The summed E-state index contributed by atoms with van der Waals surface area (Å²) in [4.78, 5) is 12.2. The first-order valence-electron chi connectivity index (χ1n) is 8.46. The number of hydrogen-bond acceptors (Lipinski definition) is 3. The molecule has 4 nitrogen and oxygen atoms in total. The van der Waals surface area contributed by atoms with Crippen LogP contribution in [0.5, 0.6) is 0 Å². The third-order valence-electron chi connectivity index (χ3n) is 4.49. The standard InChI is InChI=1S/C17H35N3O/c1-6-13(9-10-18)7-8-15(21)19-14-11-16(2,3)20-17(4,5)12-14/h13-14,20H,6-12,18H2,1-5H3,(H,19,21). The number of nitrogens with two attached hydrogens (primary N) is 1. The number of rotatable bonds is 7. The van der Waals surface area contributed by atoms with Crippen LogP contribution >= 0.6 is 0 Å². The van der Waals surface area contributed by atoms with Crippen molar-refractivity contribution in [1.82, 2.24) is 10.6 Å². The Morgan fingerprint density at radius 1 is 1.24 bits per heavy atom. The first-order chi connectivity index (χ1) is 9.67. The Balaban J connectivity index is 2.43. The minimum Gasteiger partial charge on any atom is -0.353 e. The summed E-state index contributed by atoms with van der Waals surface area (Å²) < 4.78 is 0. The zero-order valence-corrected chi connectivity index (χ0v) is 14.6. The fourth-order valence-electron chi connectivity index (χ4n) is 3.85. The molecule has 1 heterocycles. The zero-order valence-electron chi connectivity index (χ0n) is 14.6. The lowest BCUT2D eigenvalue weighted by Gasteiger charge is -2.46. The van der Waals surface area contributed by atoms with Crippen LogP contribution in [0.4, 0.5) is 0 Å². The minimum atomic E-state index is 0.0746. The molecule has 0 aromatic rings. The number of piperidine rings is 1. The van der Waals surface area contributed by atoms with Crippen LogP contribution in [-0.2, 0) is 4.79 Å². The molecule has 1 rings (SSSR count). The smallest absolute Gasteiger partial charge is 0.220 e. The molecule has 0 aromatic carbocycles. The highest BCUT2D eigenvalue weighted by molar-refractivity contribution is 5.76. The predicted molar refractivity (Wildman–Crippen MR) is 89.1 cm³/mol. The molecular formula is C17H35N3O. The maximum absolute atomic E-state index is 12.2. The van der Waals surface area contributed by atoms with Gasteiger partial charge in [-0.2, -0.15) is 0 Å². The Bertz CT molecular complexity index is 323. The van der Waals surface area contributed by atoms with Crippen LogP contribution in [0, 0.1) is 5.92 Å². The van der Waals surface area contributed by atoms with Crippen molar-refractivity contribution in [2.24, 2.45) is 11.7 Å². The van der Waals surface area contributed by atoms with E-state index in [2.05, 4.69) is 45.3 Å². The summed E-state index contributed by atoms with van der Waals surface area (Å²) in [7, 11) is 0. The summed E-state index contributed by atoms with van der Waals surface area (Å²) >= 11 is 0. The van der Waals surface area contributed by atoms with Gasteiger partial charge in [0.05, 0.1) is 0 Å². The van der Waals surface area contributed by atoms with Crippen LogP contribution in [0.3, 0.4) is 0 Å². The van der Waals surface area contributed by atoms with E-state index in [0.29, 0.717) is 12.3 Å². The minimum absolute atomic E-state index is 0.0746. The van der Waals surface area contributed by atoms with Gasteiger partial charge < -0.3 is 16.4 Å². The maximum atomic E-state index is 12.2. The van der Waals surface area contributed by atoms with Gasteiger partial charge in [0.15, 0.2) is 0 Å². The van der Waals surface area contributed by atoms with E-state index in [4.69, 9.17) is 5.73 Å². The number of amides is 1. The van der Waals surface area contributed by atoms with Crippen LogP contribution in [0.1, 0.15) is 73.1 Å². The van der Waals surface area contributed by atoms with Crippen molar-refractivity contribution in [1.29, 1.82) is 0 Å². The van der Waals surface area contributed by atoms with Gasteiger partial charge >= 0.3 is 0 Å². The van der Waals surface area contributed by atoms with Gasteiger partial charge in [-0.1, -0.05) is 13.3 Å². The molecule has 1 aliphatic rings. The van der Waals surface area contributed by atoms with Gasteiger partial charge in [0, 0.05) is 23.5 Å². The van der Waals surface area contributed by atoms with E-state index < -0.39 is 0 Å². The van der Waals surface area contributed by atoms with Gasteiger partial charge in [-0.15, -0.1) is 0 Å². The summed E-state index contributed by atoms with van der Waals surface area (Å²) in [5.41, 5.74) is 5.76. The highest BCUT2D eigenvalue weighted by Crippen LogP contribution is 2.28. The fraction of sp³-hybridized carbons (Fsp3) is 0.941. The molecule has 1 unspecified atom stereocenters. The lowest BCUT2D eigenvalue weighted by Crippen LogP contribution is -2.62. The van der Waals surface area contributed by atoms with Crippen molar-refractivity contribution >= 4 is 5.91 Å². The Hall–Kier alpha value is -0.610. The summed E-state index contributed by atoms with van der Waals surface area (Å²) in [6, 6.07) is 0.276. The van der Waals surface area contributed by atoms with E-state index in [0.717, 1.165) is 38.6 Å². The van der Waals surface area contributed by atoms with E-state index in [-0.39, 0.29) is 23.0 Å². The number of nitrogens with one attached hydrogen (secondary N) is 2. The van der Waals surface area contributed by atoms with Crippen molar-refractivity contribution in [3.63, 3.8) is 0 Å². The van der Waals surface area contributed by atoms with Crippen LogP contribution in [0.2, 0.25) is 0 Å². The van der Waals surface area contributed by atoms with E-state index in [1.54, 1.807) is 0 Å². The third-order valence-corrected chi connectivity index (χ3v) is 4.49. The van der Waals surface area contributed by atoms with Crippen molar-refractivity contribution in [2.75, 3.05) is 6.54 Å². The molecule has 124 valence electrons. The fourth-order valence-corrected chi connectivity index (χ4v) is 3.85. The van der Waals surface area contributed by atoms with Gasteiger partial charge in [0.25, 0.3) is 0 Å². The predicted octanol–water partition coefficient (Wildman–Crippen LogP) is 2.57. The lowest BCUT2D eigenvalue weighted by molar-refractivity contribution is -0.122. The number of carbonyl (C=O) groups excluding carboxylic acids is 1. The SMILES string of the molecule is CCC(CCN)CCC(=O)NC1CC(C)(C)NC(C)(C)C1. The molecule has 1 amide bonds. The van der Waals surface area contributed by atoms with Crippen LogP contribution in [-0.4, -0.2) is 29.6 Å². The van der Waals surface area contributed by atoms with E-state index in [1.807, 2.05) is 0 Å². The van der Waals surface area contributed by atoms with Crippen LogP contribution in [0.25, 0.3) is 0 Å². The van der Waals surface area contributed by atoms with Crippen LogP contribution < -0.4 is 16.4 Å². The molecule has 0 aromatic heterocycles. The Morgan fingerprint density at radius 3 is 2.29 bits per heavy atom. The van der Waals surface area contributed by atoms with Crippen molar-refractivity contribution < 1.29 is 4.79 Å². The molecule has 1 saturated heterocycles. The second-order valence-electron chi connectivity index (χ2n) is 7.96. The molecule has 1 aliphatic heterocycles. The molecule has 0 saturated carbocycles. The summed E-state index contributed by atoms with van der Waals surface area (Å²) in [6.07, 6.45) is 5.69. The topological polar surface area (TPSA) is 67.2 Å². The average molecular weight is 297 g/mol. The van der Waals surface area contributed by atoms with Gasteiger partial charge in [0.2, 0.25) is 5.91 Å². The monoisotopic (exact) mass is 297 g/mol. The molecule has 21 heavy (non-hydrogen) atoms. The van der Waals surface area contributed by atoms with Gasteiger partial charge in [-0.05, 0) is 65.8 Å². The highest BCUT2D eigenvalue weighted by Gasteiger charge is 2.38. The highest BCUT2D eigenvalue weighted by atomic mass is 16.1. The number of hydrogen-bond donors (Lipinski definition) is 3. The van der Waals surface area contributed by atoms with E-state index in [1.165, 1.54) is 0 Å². The summed E-state index contributed by atoms with van der Waals surface area (Å²) in [5.74, 6) is 0.783. The molecular weight excluding hydrogens is 262 g/mol. The normalized spacial score (nSPS) is 22.8. The Kier molecular flexibility index (Phi) is 6.67. The molecule has 4 heteroatoms. The van der Waals surface area contributed by atoms with Crippen molar-refractivity contribution in [2.45, 2.75) is 90.3 Å². The first kappa shape index (κ1) is 18.4. The number of carbonyl (C=O) groups is 1. The van der Waals surface area contributed by atoms with E-state index >= 15 is 0 Å². The zero-order chi connectivity index (χ0) is 16.1. The van der Waals surface area contributed by atoms with E-state index in [9.17, 15) is 4.79 Å². The third kappa shape index (κ3) is 6.79. The van der Waals surface area contributed by atoms with Gasteiger partial charge in [-0.3, -0.25) is 4.79 Å². The van der Waals surface area contributed by atoms with Crippen molar-refractivity contribution in [3.8, 4) is 0 Å². The Morgan fingerprint density at radius 2 is 1.81 bits per heavy atom. The molecule has 0 spiro atoms. The first-order valence-corrected chi connectivity index (χ1v) is 8.46. The quantitative estimate of drug-likeness (QED) is 0.676. The van der Waals surface area contributed by atoms with Gasteiger partial charge in [-0.25, -0.2) is 0 Å². The summed E-state index contributed by atoms with van der Waals surface area (Å²) in [5, 5.41) is 6.89. The molecule has 1 fully saturated rings. The van der Waals surface area contributed by atoms with Crippen LogP contribution in [0.15, 0.2) is 0 Å². The molecule has 0 bridgehead atoms.